The fourth-order valence-electron chi connectivity index (χ4n) is 15.2. The first-order valence-electron chi connectivity index (χ1n) is 24.3. The van der Waals surface area contributed by atoms with Gasteiger partial charge in [0.05, 0.1) is 11.1 Å². The van der Waals surface area contributed by atoms with Crippen LogP contribution in [0.4, 0.5) is 17.1 Å². The summed E-state index contributed by atoms with van der Waals surface area (Å²) in [7, 11) is 0. The van der Waals surface area contributed by atoms with E-state index in [0.29, 0.717) is 5.92 Å². The Balaban J connectivity index is 0.998. The standard InChI is InChI=1S/C65H49N/c1-63(2)53-25-8-3-21-49(53)51-24-14-23-45(62(51)63)41-16-13-17-43(37-41)66(44-34-35-50-46-18-4-9-26-54(46)64(59(50)38-44)39-40-32-33-42(64)36-40)60-31-15-30-58-61(60)52-22-7-12-29-57(52)65(58)55-27-10-5-19-47(55)48-20-6-11-28-56(48)65/h3-31,34-35,37-38,40,42H,32-33,36,39H2,1-2H3. The summed E-state index contributed by atoms with van der Waals surface area (Å²) in [5, 5.41) is 0. The third-order valence-corrected chi connectivity index (χ3v) is 17.5. The number of benzene rings is 9. The molecule has 0 heterocycles. The van der Waals surface area contributed by atoms with Crippen molar-refractivity contribution in [1.29, 1.82) is 0 Å². The summed E-state index contributed by atoms with van der Waals surface area (Å²) >= 11 is 0. The monoisotopic (exact) mass is 843 g/mol. The first-order valence-corrected chi connectivity index (χ1v) is 24.3. The van der Waals surface area contributed by atoms with E-state index in [0.717, 1.165) is 5.92 Å². The topological polar surface area (TPSA) is 3.24 Å². The molecule has 314 valence electrons. The molecule has 0 radical (unpaired) electrons. The van der Waals surface area contributed by atoms with Gasteiger partial charge < -0.3 is 4.90 Å². The quantitative estimate of drug-likeness (QED) is 0.171. The SMILES string of the molecule is CC1(C)c2ccccc2-c2cccc(-c3cccc(N(c4ccc5c(c4)C4(CC6CCC4C6)c4ccccc4-5)c4cccc5c4-c4ccccc4C54c5ccccc5-c5ccccc54)c3)c21. The molecule has 2 fully saturated rings. The first kappa shape index (κ1) is 37.0. The molecule has 15 rings (SSSR count). The zero-order valence-corrected chi connectivity index (χ0v) is 37.5. The summed E-state index contributed by atoms with van der Waals surface area (Å²) in [4.78, 5) is 2.64. The van der Waals surface area contributed by atoms with Crippen molar-refractivity contribution in [1.82, 2.24) is 0 Å². The lowest BCUT2D eigenvalue weighted by Gasteiger charge is -2.37. The summed E-state index contributed by atoms with van der Waals surface area (Å²) in [6.07, 6.45) is 5.30. The minimum Gasteiger partial charge on any atom is -0.310 e. The molecule has 2 saturated carbocycles. The van der Waals surface area contributed by atoms with Gasteiger partial charge in [-0.2, -0.15) is 0 Å². The van der Waals surface area contributed by atoms with Crippen molar-refractivity contribution in [3.63, 3.8) is 0 Å². The third kappa shape index (κ3) is 4.47. The fourth-order valence-corrected chi connectivity index (χ4v) is 15.2. The van der Waals surface area contributed by atoms with E-state index < -0.39 is 5.41 Å². The molecule has 0 aliphatic heterocycles. The van der Waals surface area contributed by atoms with Crippen LogP contribution in [0.15, 0.2) is 200 Å². The van der Waals surface area contributed by atoms with Gasteiger partial charge >= 0.3 is 0 Å². The van der Waals surface area contributed by atoms with E-state index in [2.05, 4.69) is 219 Å². The Kier molecular flexibility index (Phi) is 7.29. The largest absolute Gasteiger partial charge is 0.310 e. The molecule has 9 aromatic carbocycles. The van der Waals surface area contributed by atoms with Crippen LogP contribution in [0.1, 0.15) is 84.0 Å². The Morgan fingerprint density at radius 3 is 1.64 bits per heavy atom. The predicted octanol–water partition coefficient (Wildman–Crippen LogP) is 16.6. The van der Waals surface area contributed by atoms with Crippen LogP contribution in [0.25, 0.3) is 55.6 Å². The summed E-state index contributed by atoms with van der Waals surface area (Å²) in [5.41, 5.74) is 28.0. The normalized spacial score (nSPS) is 20.6. The van der Waals surface area contributed by atoms with Crippen LogP contribution < -0.4 is 4.90 Å². The van der Waals surface area contributed by atoms with Crippen LogP contribution in [-0.2, 0) is 16.2 Å². The van der Waals surface area contributed by atoms with E-state index in [4.69, 9.17) is 0 Å². The Hall–Kier alpha value is -7.22. The van der Waals surface area contributed by atoms with Crippen LogP contribution in [-0.4, -0.2) is 0 Å². The van der Waals surface area contributed by atoms with Crippen LogP contribution >= 0.6 is 0 Å². The lowest BCUT2D eigenvalue weighted by Crippen LogP contribution is -2.32. The average molecular weight is 844 g/mol. The van der Waals surface area contributed by atoms with Gasteiger partial charge in [-0.1, -0.05) is 190 Å². The Morgan fingerprint density at radius 2 is 0.939 bits per heavy atom. The molecule has 1 heteroatoms. The molecule has 0 saturated heterocycles. The van der Waals surface area contributed by atoms with Crippen LogP contribution in [0.5, 0.6) is 0 Å². The molecule has 3 unspecified atom stereocenters. The lowest BCUT2D eigenvalue weighted by atomic mass is 9.67. The number of anilines is 3. The zero-order chi connectivity index (χ0) is 43.5. The number of nitrogens with zero attached hydrogens (tertiary/aromatic N) is 1. The molecule has 6 aliphatic rings. The van der Waals surface area contributed by atoms with Gasteiger partial charge in [0, 0.05) is 27.8 Å². The maximum absolute atomic E-state index is 2.64. The molecule has 6 aliphatic carbocycles. The molecule has 9 aromatic rings. The second-order valence-corrected chi connectivity index (χ2v) is 20.7. The number of hydrogen-bond acceptors (Lipinski definition) is 1. The highest BCUT2D eigenvalue weighted by Crippen LogP contribution is 2.68. The molecular formula is C65H49N. The maximum Gasteiger partial charge on any atom is 0.0726 e. The minimum absolute atomic E-state index is 0.0656. The number of rotatable bonds is 4. The molecule has 0 N–H and O–H groups in total. The summed E-state index contributed by atoms with van der Waals surface area (Å²) in [6.45, 7) is 4.82. The Morgan fingerprint density at radius 1 is 0.409 bits per heavy atom. The average Bonchev–Trinajstić information content (AvgIpc) is 4.21. The van der Waals surface area contributed by atoms with Crippen molar-refractivity contribution in [2.45, 2.75) is 55.8 Å². The van der Waals surface area contributed by atoms with E-state index in [1.54, 1.807) is 5.56 Å². The minimum atomic E-state index is -0.430. The smallest absolute Gasteiger partial charge is 0.0726 e. The number of fused-ring (bicyclic) bond motifs is 21. The van der Waals surface area contributed by atoms with Gasteiger partial charge in [0.25, 0.3) is 0 Å². The molecule has 66 heavy (non-hydrogen) atoms. The molecule has 1 nitrogen and oxygen atoms in total. The maximum atomic E-state index is 2.64. The van der Waals surface area contributed by atoms with Gasteiger partial charge in [-0.3, -0.25) is 0 Å². The van der Waals surface area contributed by atoms with Crippen molar-refractivity contribution in [3.8, 4) is 55.6 Å². The van der Waals surface area contributed by atoms with E-state index in [-0.39, 0.29) is 10.8 Å². The van der Waals surface area contributed by atoms with E-state index in [1.807, 2.05) is 0 Å². The van der Waals surface area contributed by atoms with Crippen LogP contribution in [0, 0.1) is 11.8 Å². The molecule has 0 amide bonds. The second kappa shape index (κ2) is 13.0. The summed E-state index contributed by atoms with van der Waals surface area (Å²) in [6, 6.07) is 77.2. The van der Waals surface area contributed by atoms with E-state index in [1.165, 1.54) is 137 Å². The summed E-state index contributed by atoms with van der Waals surface area (Å²) in [5.74, 6) is 1.48. The van der Waals surface area contributed by atoms with E-state index in [9.17, 15) is 0 Å². The highest BCUT2D eigenvalue weighted by atomic mass is 15.1. The molecule has 2 spiro atoms. The Bertz CT molecular complexity index is 3520. The van der Waals surface area contributed by atoms with Crippen molar-refractivity contribution >= 4 is 17.1 Å². The predicted molar refractivity (Wildman–Crippen MR) is 272 cm³/mol. The number of hydrogen-bond donors (Lipinski definition) is 0. The highest BCUT2D eigenvalue weighted by Gasteiger charge is 2.57. The van der Waals surface area contributed by atoms with Crippen molar-refractivity contribution in [3.05, 3.63) is 245 Å². The summed E-state index contributed by atoms with van der Waals surface area (Å²) < 4.78 is 0. The second-order valence-electron chi connectivity index (χ2n) is 20.7. The van der Waals surface area contributed by atoms with Gasteiger partial charge in [0.15, 0.2) is 0 Å². The van der Waals surface area contributed by atoms with Gasteiger partial charge in [0.1, 0.15) is 0 Å². The zero-order valence-electron chi connectivity index (χ0n) is 37.5. The Labute approximate surface area is 388 Å². The highest BCUT2D eigenvalue weighted by molar-refractivity contribution is 6.02. The molecular weight excluding hydrogens is 795 g/mol. The van der Waals surface area contributed by atoms with Crippen molar-refractivity contribution in [2.24, 2.45) is 11.8 Å². The fraction of sp³-hybridized carbons (Fsp3) is 0.169. The van der Waals surface area contributed by atoms with Gasteiger partial charge in [0.2, 0.25) is 0 Å². The van der Waals surface area contributed by atoms with E-state index >= 15 is 0 Å². The van der Waals surface area contributed by atoms with Gasteiger partial charge in [-0.25, -0.2) is 0 Å². The molecule has 2 bridgehead atoms. The van der Waals surface area contributed by atoms with Crippen molar-refractivity contribution in [2.75, 3.05) is 4.90 Å². The lowest BCUT2D eigenvalue weighted by molar-refractivity contribution is 0.327. The van der Waals surface area contributed by atoms with Gasteiger partial charge in [-0.05, 0) is 156 Å². The van der Waals surface area contributed by atoms with Crippen molar-refractivity contribution < 1.29 is 0 Å². The molecule has 3 atom stereocenters. The van der Waals surface area contributed by atoms with Crippen LogP contribution in [0.2, 0.25) is 0 Å². The first-order chi connectivity index (χ1) is 32.5. The molecule has 0 aromatic heterocycles. The van der Waals surface area contributed by atoms with Gasteiger partial charge in [-0.15, -0.1) is 0 Å². The van der Waals surface area contributed by atoms with Crippen LogP contribution in [0.3, 0.4) is 0 Å². The third-order valence-electron chi connectivity index (χ3n) is 17.5.